The molecule has 89 heavy (non-hydrogen) atoms. The zero-order chi connectivity index (χ0) is 63.4. The number of aryl methyl sites for hydroxylation is 4. The van der Waals surface area contributed by atoms with Crippen molar-refractivity contribution in [2.75, 3.05) is 0 Å². The van der Waals surface area contributed by atoms with Crippen molar-refractivity contribution in [1.82, 2.24) is 0 Å². The van der Waals surface area contributed by atoms with Crippen molar-refractivity contribution in [1.29, 1.82) is 0 Å². The molecular formula is C80H134BaO6S2. The maximum Gasteiger partial charge on any atom is 2.00 e. The molecule has 0 fully saturated rings. The molecule has 0 saturated heterocycles. The van der Waals surface area contributed by atoms with Crippen molar-refractivity contribution >= 4 is 90.7 Å². The molecule has 0 N–H and O–H groups in total. The molecule has 0 aliphatic heterocycles. The van der Waals surface area contributed by atoms with E-state index in [0.29, 0.717) is 24.0 Å². The van der Waals surface area contributed by atoms with Gasteiger partial charge in [-0.1, -0.05) is 372 Å². The predicted octanol–water partition coefficient (Wildman–Crippen LogP) is 25.6. The van der Waals surface area contributed by atoms with Crippen LogP contribution < -0.4 is 0 Å². The summed E-state index contributed by atoms with van der Waals surface area (Å²) in [5.41, 5.74) is 4.00. The molecular weight excluding hydrogens is 1260 g/mol. The zero-order valence-corrected chi connectivity index (χ0v) is 64.4. The SMILES string of the molecule is CCCCCCCCCCCCCCCc1cc2c(CCCCCCCCCCCCCCC)cccc2cc1S(=O)(=O)[O-].CCCCCCCCCCCCCCCc1cc2c(CCCCCCCCCCCCCCC)cccc2cc1S(=O)(=O)[O-].[Ba+2]. The number of benzene rings is 4. The molecule has 0 bridgehead atoms. The van der Waals surface area contributed by atoms with Crippen molar-refractivity contribution in [3.05, 3.63) is 82.9 Å². The quantitative estimate of drug-likeness (QED) is 0.0247. The molecule has 0 saturated carbocycles. The molecule has 0 amide bonds. The van der Waals surface area contributed by atoms with Gasteiger partial charge in [-0.05, 0) is 119 Å². The number of unbranched alkanes of at least 4 members (excludes halogenated alkanes) is 48. The first-order valence-corrected chi connectivity index (χ1v) is 40.8. The van der Waals surface area contributed by atoms with Crippen LogP contribution in [0.4, 0.5) is 0 Å². The average Bonchev–Trinajstić information content (AvgIpc) is 0.925. The summed E-state index contributed by atoms with van der Waals surface area (Å²) >= 11 is 0. The molecule has 4 aromatic rings. The Morgan fingerprint density at radius 1 is 0.247 bits per heavy atom. The Hall–Kier alpha value is -1.21. The average molecular weight is 1390 g/mol. The van der Waals surface area contributed by atoms with Crippen molar-refractivity contribution in [3.63, 3.8) is 0 Å². The van der Waals surface area contributed by atoms with Gasteiger partial charge in [0.2, 0.25) is 0 Å². The van der Waals surface area contributed by atoms with Gasteiger partial charge in [0, 0.05) is 0 Å². The monoisotopic (exact) mass is 1390 g/mol. The Labute approximate surface area is 591 Å². The Morgan fingerprint density at radius 2 is 0.427 bits per heavy atom. The first-order chi connectivity index (χ1) is 42.9. The van der Waals surface area contributed by atoms with E-state index in [2.05, 4.69) is 39.8 Å². The molecule has 0 atom stereocenters. The van der Waals surface area contributed by atoms with E-state index in [1.54, 1.807) is 12.1 Å². The minimum absolute atomic E-state index is 0. The van der Waals surface area contributed by atoms with Gasteiger partial charge in [-0.15, -0.1) is 0 Å². The third-order valence-corrected chi connectivity index (χ3v) is 20.9. The Morgan fingerprint density at radius 3 is 0.618 bits per heavy atom. The van der Waals surface area contributed by atoms with Crippen LogP contribution in [0.5, 0.6) is 0 Å². The maximum atomic E-state index is 12.2. The van der Waals surface area contributed by atoms with E-state index < -0.39 is 20.2 Å². The van der Waals surface area contributed by atoms with Crippen LogP contribution in [-0.2, 0) is 45.9 Å². The fourth-order valence-corrected chi connectivity index (χ4v) is 15.0. The van der Waals surface area contributed by atoms with E-state index in [1.165, 1.54) is 306 Å². The van der Waals surface area contributed by atoms with E-state index in [9.17, 15) is 25.9 Å². The molecule has 0 aliphatic carbocycles. The fourth-order valence-electron chi connectivity index (χ4n) is 13.5. The van der Waals surface area contributed by atoms with E-state index in [4.69, 9.17) is 0 Å². The molecule has 0 aliphatic rings. The molecule has 0 radical (unpaired) electrons. The Bertz CT molecular complexity index is 2370. The Kier molecular flexibility index (Phi) is 52.8. The zero-order valence-electron chi connectivity index (χ0n) is 58.3. The van der Waals surface area contributed by atoms with Crippen LogP contribution in [0.2, 0.25) is 0 Å². The summed E-state index contributed by atoms with van der Waals surface area (Å²) < 4.78 is 73.0. The van der Waals surface area contributed by atoms with Crippen LogP contribution in [0, 0.1) is 0 Å². The van der Waals surface area contributed by atoms with Crippen LogP contribution in [0.3, 0.4) is 0 Å². The molecule has 4 rings (SSSR count). The van der Waals surface area contributed by atoms with Crippen molar-refractivity contribution in [2.45, 2.75) is 397 Å². The van der Waals surface area contributed by atoms with E-state index in [-0.39, 0.29) is 58.7 Å². The largest absolute Gasteiger partial charge is 2.00 e. The van der Waals surface area contributed by atoms with E-state index >= 15 is 0 Å². The minimum Gasteiger partial charge on any atom is -0.744 e. The van der Waals surface area contributed by atoms with Crippen LogP contribution in [0.1, 0.15) is 384 Å². The van der Waals surface area contributed by atoms with E-state index in [1.807, 2.05) is 36.4 Å². The molecule has 0 unspecified atom stereocenters. The summed E-state index contributed by atoms with van der Waals surface area (Å²) in [6.07, 6.45) is 71.8. The van der Waals surface area contributed by atoms with Crippen LogP contribution in [0.15, 0.2) is 70.5 Å². The smallest absolute Gasteiger partial charge is 0.744 e. The van der Waals surface area contributed by atoms with Gasteiger partial charge in [0.25, 0.3) is 0 Å². The second-order valence-electron chi connectivity index (χ2n) is 27.1. The summed E-state index contributed by atoms with van der Waals surface area (Å²) in [5.74, 6) is 0. The topological polar surface area (TPSA) is 114 Å². The first-order valence-electron chi connectivity index (χ1n) is 37.9. The first kappa shape index (κ1) is 83.9. The van der Waals surface area contributed by atoms with E-state index in [0.717, 1.165) is 72.9 Å². The molecule has 504 valence electrons. The third kappa shape index (κ3) is 41.4. The second-order valence-corrected chi connectivity index (χ2v) is 29.8. The van der Waals surface area contributed by atoms with Gasteiger partial charge < -0.3 is 9.11 Å². The summed E-state index contributed by atoms with van der Waals surface area (Å²) in [6, 6.07) is 19.6. The third-order valence-electron chi connectivity index (χ3n) is 19.0. The Balaban J connectivity index is 0.000000600. The van der Waals surface area contributed by atoms with Gasteiger partial charge >= 0.3 is 48.9 Å². The molecule has 0 aromatic heterocycles. The van der Waals surface area contributed by atoms with Gasteiger partial charge in [0.05, 0.1) is 9.79 Å². The van der Waals surface area contributed by atoms with Gasteiger partial charge in [-0.25, -0.2) is 16.8 Å². The summed E-state index contributed by atoms with van der Waals surface area (Å²) in [6.45, 7) is 9.09. The van der Waals surface area contributed by atoms with Gasteiger partial charge in [0.1, 0.15) is 20.2 Å². The summed E-state index contributed by atoms with van der Waals surface area (Å²) in [5, 5.41) is 4.01. The second kappa shape index (κ2) is 56.0. The molecule has 9 heteroatoms. The molecule has 0 heterocycles. The van der Waals surface area contributed by atoms with Gasteiger partial charge in [-0.3, -0.25) is 0 Å². The summed E-state index contributed by atoms with van der Waals surface area (Å²) in [4.78, 5) is -0.0240. The number of hydrogen-bond acceptors (Lipinski definition) is 6. The number of fused-ring (bicyclic) bond motifs is 2. The standard InChI is InChI=1S/2C40H68O3S.Ba/c2*1-3-5-7-9-11-13-15-17-19-21-23-25-27-30-36-32-29-33-37-35-40(44(41,42)43)38(34-39(36)37)31-28-26-24-22-20-18-16-14-12-10-8-6-4-2;/h2*29,32-35H,3-28,30-31H2,1-2H3,(H,41,42,43);/q;;+2/p-2. The van der Waals surface area contributed by atoms with Crippen LogP contribution in [-0.4, -0.2) is 74.8 Å². The van der Waals surface area contributed by atoms with Crippen molar-refractivity contribution < 1.29 is 25.9 Å². The normalized spacial score (nSPS) is 11.8. The predicted molar refractivity (Wildman–Crippen MR) is 387 cm³/mol. The van der Waals surface area contributed by atoms with Crippen LogP contribution in [0.25, 0.3) is 21.5 Å². The number of hydrogen-bond donors (Lipinski definition) is 0. The number of rotatable bonds is 58. The maximum absolute atomic E-state index is 12.2. The minimum atomic E-state index is -4.50. The van der Waals surface area contributed by atoms with Crippen LogP contribution >= 0.6 is 0 Å². The fraction of sp³-hybridized carbons (Fsp3) is 0.750. The molecule has 4 aromatic carbocycles. The summed E-state index contributed by atoms with van der Waals surface area (Å²) in [7, 11) is -8.99. The van der Waals surface area contributed by atoms with Gasteiger partial charge in [-0.2, -0.15) is 0 Å². The van der Waals surface area contributed by atoms with Gasteiger partial charge in [0.15, 0.2) is 0 Å². The molecule has 0 spiro atoms. The van der Waals surface area contributed by atoms with Crippen molar-refractivity contribution in [2.24, 2.45) is 0 Å². The van der Waals surface area contributed by atoms with Crippen molar-refractivity contribution in [3.8, 4) is 0 Å². The molecule has 6 nitrogen and oxygen atoms in total.